The standard InChI is InChI=1S/C20H14N4O/c21-20(25)24-17-8-9-22-11-16(17)23-19(24)15-7-3-5-13-10-12-4-1-2-6-14(12)18(13)15/h1-9,11H,10H2,(H2,21,25). The van der Waals surface area contributed by atoms with E-state index in [2.05, 4.69) is 34.2 Å². The Morgan fingerprint density at radius 2 is 1.80 bits per heavy atom. The van der Waals surface area contributed by atoms with Gasteiger partial charge < -0.3 is 5.73 Å². The molecule has 0 saturated carbocycles. The molecular formula is C20H14N4O. The van der Waals surface area contributed by atoms with Crippen LogP contribution in [-0.4, -0.2) is 20.6 Å². The summed E-state index contributed by atoms with van der Waals surface area (Å²) < 4.78 is 1.47. The van der Waals surface area contributed by atoms with Gasteiger partial charge in [0.2, 0.25) is 0 Å². The summed E-state index contributed by atoms with van der Waals surface area (Å²) in [7, 11) is 0. The van der Waals surface area contributed by atoms with Crippen LogP contribution in [0.5, 0.6) is 0 Å². The molecule has 1 aliphatic carbocycles. The van der Waals surface area contributed by atoms with Gasteiger partial charge in [0.15, 0.2) is 0 Å². The number of carbonyl (C=O) groups excluding carboxylic acids is 1. The molecule has 5 rings (SSSR count). The van der Waals surface area contributed by atoms with Crippen LogP contribution in [-0.2, 0) is 6.42 Å². The quantitative estimate of drug-likeness (QED) is 0.511. The van der Waals surface area contributed by atoms with Gasteiger partial charge in [0.1, 0.15) is 11.3 Å². The average molecular weight is 326 g/mol. The van der Waals surface area contributed by atoms with Gasteiger partial charge in [-0.1, -0.05) is 42.5 Å². The molecule has 0 spiro atoms. The molecule has 0 aliphatic heterocycles. The zero-order valence-corrected chi connectivity index (χ0v) is 13.3. The fraction of sp³-hybridized carbons (Fsp3) is 0.0500. The van der Waals surface area contributed by atoms with Gasteiger partial charge in [-0.3, -0.25) is 4.98 Å². The third kappa shape index (κ3) is 1.92. The number of amides is 1. The van der Waals surface area contributed by atoms with Gasteiger partial charge in [-0.15, -0.1) is 0 Å². The SMILES string of the molecule is NC(=O)n1c(-c2cccc3c2-c2ccccc2C3)nc2cnccc21. The second kappa shape index (κ2) is 5.01. The van der Waals surface area contributed by atoms with E-state index >= 15 is 0 Å². The van der Waals surface area contributed by atoms with E-state index < -0.39 is 6.03 Å². The third-order valence-electron chi connectivity index (χ3n) is 4.74. The number of carbonyl (C=O) groups is 1. The van der Waals surface area contributed by atoms with Crippen LogP contribution >= 0.6 is 0 Å². The Bertz CT molecular complexity index is 1160. The largest absolute Gasteiger partial charge is 0.351 e. The maximum absolute atomic E-state index is 12.1. The van der Waals surface area contributed by atoms with E-state index in [1.807, 2.05) is 18.2 Å². The summed E-state index contributed by atoms with van der Waals surface area (Å²) in [6.07, 6.45) is 4.17. The maximum atomic E-state index is 12.1. The maximum Gasteiger partial charge on any atom is 0.325 e. The molecule has 0 unspecified atom stereocenters. The highest BCUT2D eigenvalue weighted by Gasteiger charge is 2.25. The number of rotatable bonds is 1. The van der Waals surface area contributed by atoms with Gasteiger partial charge in [0.05, 0.1) is 11.7 Å². The van der Waals surface area contributed by atoms with Crippen LogP contribution in [0.3, 0.4) is 0 Å². The van der Waals surface area contributed by atoms with E-state index in [0.29, 0.717) is 16.9 Å². The van der Waals surface area contributed by atoms with Crippen LogP contribution in [0.1, 0.15) is 11.1 Å². The predicted molar refractivity (Wildman–Crippen MR) is 96.2 cm³/mol. The fourth-order valence-electron chi connectivity index (χ4n) is 3.71. The molecule has 5 heteroatoms. The molecule has 0 atom stereocenters. The highest BCUT2D eigenvalue weighted by molar-refractivity contribution is 5.97. The molecule has 2 N–H and O–H groups in total. The number of imidazole rings is 1. The van der Waals surface area contributed by atoms with E-state index in [1.54, 1.807) is 18.5 Å². The summed E-state index contributed by atoms with van der Waals surface area (Å²) in [4.78, 5) is 20.9. The van der Waals surface area contributed by atoms with E-state index in [-0.39, 0.29) is 0 Å². The van der Waals surface area contributed by atoms with Gasteiger partial charge >= 0.3 is 6.03 Å². The summed E-state index contributed by atoms with van der Waals surface area (Å²) in [5.74, 6) is 0.559. The average Bonchev–Trinajstić information content (AvgIpc) is 3.19. The summed E-state index contributed by atoms with van der Waals surface area (Å²) in [5, 5.41) is 0. The first-order valence-corrected chi connectivity index (χ1v) is 8.07. The Labute approximate surface area is 143 Å². The first kappa shape index (κ1) is 13.9. The number of hydrogen-bond donors (Lipinski definition) is 1. The van der Waals surface area contributed by atoms with Crippen LogP contribution in [0.4, 0.5) is 4.79 Å². The lowest BCUT2D eigenvalue weighted by molar-refractivity contribution is 0.251. The van der Waals surface area contributed by atoms with Crippen LogP contribution in [0.2, 0.25) is 0 Å². The highest BCUT2D eigenvalue weighted by Crippen LogP contribution is 2.42. The van der Waals surface area contributed by atoms with Crippen molar-refractivity contribution in [1.29, 1.82) is 0 Å². The van der Waals surface area contributed by atoms with Crippen LogP contribution in [0, 0.1) is 0 Å². The van der Waals surface area contributed by atoms with E-state index in [9.17, 15) is 4.79 Å². The molecule has 0 radical (unpaired) electrons. The zero-order valence-electron chi connectivity index (χ0n) is 13.3. The lowest BCUT2D eigenvalue weighted by atomic mass is 9.99. The normalized spacial score (nSPS) is 12.2. The fourth-order valence-corrected chi connectivity index (χ4v) is 3.71. The number of benzene rings is 2. The smallest absolute Gasteiger partial charge is 0.325 e. The minimum absolute atomic E-state index is 0.549. The molecule has 0 bridgehead atoms. The summed E-state index contributed by atoms with van der Waals surface area (Å²) >= 11 is 0. The Balaban J connectivity index is 1.86. The van der Waals surface area contributed by atoms with Gasteiger partial charge in [-0.05, 0) is 34.7 Å². The van der Waals surface area contributed by atoms with Crippen molar-refractivity contribution in [2.45, 2.75) is 6.42 Å². The second-order valence-electron chi connectivity index (χ2n) is 6.15. The van der Waals surface area contributed by atoms with E-state index in [1.165, 1.54) is 21.3 Å². The monoisotopic (exact) mass is 326 g/mol. The number of pyridine rings is 1. The van der Waals surface area contributed by atoms with Crippen molar-refractivity contribution < 1.29 is 4.79 Å². The minimum Gasteiger partial charge on any atom is -0.351 e. The third-order valence-corrected chi connectivity index (χ3v) is 4.74. The number of aromatic nitrogens is 3. The Kier molecular flexibility index (Phi) is 2.79. The molecule has 2 heterocycles. The number of fused-ring (bicyclic) bond motifs is 4. The molecule has 5 nitrogen and oxygen atoms in total. The topological polar surface area (TPSA) is 73.8 Å². The van der Waals surface area contributed by atoms with Gasteiger partial charge in [-0.2, -0.15) is 0 Å². The van der Waals surface area contributed by atoms with Crippen molar-refractivity contribution in [3.63, 3.8) is 0 Å². The Morgan fingerprint density at radius 1 is 1.00 bits per heavy atom. The molecular weight excluding hydrogens is 312 g/mol. The van der Waals surface area contributed by atoms with Crippen LogP contribution in [0.25, 0.3) is 33.5 Å². The van der Waals surface area contributed by atoms with Crippen molar-refractivity contribution in [2.75, 3.05) is 0 Å². The lowest BCUT2D eigenvalue weighted by Gasteiger charge is -2.10. The first-order valence-electron chi connectivity index (χ1n) is 8.07. The molecule has 0 fully saturated rings. The number of primary amides is 1. The van der Waals surface area contributed by atoms with E-state index in [0.717, 1.165) is 17.5 Å². The molecule has 1 aliphatic rings. The number of nitrogens with zero attached hydrogens (tertiary/aromatic N) is 3. The molecule has 4 aromatic rings. The Hall–Kier alpha value is -3.47. The van der Waals surface area contributed by atoms with Crippen LogP contribution in [0.15, 0.2) is 60.9 Å². The molecule has 0 saturated heterocycles. The molecule has 1 amide bonds. The Morgan fingerprint density at radius 3 is 2.68 bits per heavy atom. The van der Waals surface area contributed by atoms with Crippen molar-refractivity contribution in [3.8, 4) is 22.5 Å². The summed E-state index contributed by atoms with van der Waals surface area (Å²) in [6.45, 7) is 0. The second-order valence-corrected chi connectivity index (χ2v) is 6.15. The first-order chi connectivity index (χ1) is 12.2. The summed E-state index contributed by atoms with van der Waals surface area (Å²) in [5.41, 5.74) is 12.7. The predicted octanol–water partition coefficient (Wildman–Crippen LogP) is 3.60. The summed E-state index contributed by atoms with van der Waals surface area (Å²) in [6, 6.07) is 15.7. The number of nitrogens with two attached hydrogens (primary N) is 1. The lowest BCUT2D eigenvalue weighted by Crippen LogP contribution is -2.20. The number of hydrogen-bond acceptors (Lipinski definition) is 3. The van der Waals surface area contributed by atoms with Crippen molar-refractivity contribution in [3.05, 3.63) is 72.1 Å². The highest BCUT2D eigenvalue weighted by atomic mass is 16.2. The molecule has 25 heavy (non-hydrogen) atoms. The minimum atomic E-state index is -0.549. The van der Waals surface area contributed by atoms with Gasteiger partial charge in [0.25, 0.3) is 0 Å². The molecule has 2 aromatic carbocycles. The van der Waals surface area contributed by atoms with Crippen molar-refractivity contribution in [1.82, 2.24) is 14.5 Å². The van der Waals surface area contributed by atoms with Crippen LogP contribution < -0.4 is 5.73 Å². The molecule has 2 aromatic heterocycles. The van der Waals surface area contributed by atoms with E-state index in [4.69, 9.17) is 5.73 Å². The zero-order chi connectivity index (χ0) is 17.0. The molecule has 120 valence electrons. The van der Waals surface area contributed by atoms with Crippen molar-refractivity contribution in [2.24, 2.45) is 5.73 Å². The van der Waals surface area contributed by atoms with Crippen molar-refractivity contribution >= 4 is 17.1 Å². The van der Waals surface area contributed by atoms with Gasteiger partial charge in [0, 0.05) is 11.8 Å². The van der Waals surface area contributed by atoms with Gasteiger partial charge in [-0.25, -0.2) is 14.3 Å².